The molecule has 1 fully saturated rings. The van der Waals surface area contributed by atoms with Crippen LogP contribution in [-0.4, -0.2) is 0 Å². The SMILES string of the molecule is [CH2]CCC1CCCCC1=C(C)C. The average Bonchev–Trinajstić information content (AvgIpc) is 2.05. The van der Waals surface area contributed by atoms with E-state index in [4.69, 9.17) is 0 Å². The molecule has 0 saturated heterocycles. The van der Waals surface area contributed by atoms with Crippen LogP contribution in [0.4, 0.5) is 0 Å². The van der Waals surface area contributed by atoms with E-state index in [-0.39, 0.29) is 0 Å². The highest BCUT2D eigenvalue weighted by molar-refractivity contribution is 5.15. The zero-order valence-corrected chi connectivity index (χ0v) is 8.53. The molecule has 1 atom stereocenters. The van der Waals surface area contributed by atoms with Gasteiger partial charge in [0, 0.05) is 0 Å². The molecule has 12 heavy (non-hydrogen) atoms. The van der Waals surface area contributed by atoms with Gasteiger partial charge in [-0.1, -0.05) is 30.9 Å². The molecule has 1 unspecified atom stereocenters. The van der Waals surface area contributed by atoms with E-state index < -0.39 is 0 Å². The van der Waals surface area contributed by atoms with Crippen molar-refractivity contribution in [1.29, 1.82) is 0 Å². The van der Waals surface area contributed by atoms with E-state index in [9.17, 15) is 0 Å². The molecule has 0 bridgehead atoms. The monoisotopic (exact) mass is 165 g/mol. The molecule has 0 amide bonds. The third kappa shape index (κ3) is 2.36. The Balaban J connectivity index is 2.61. The highest BCUT2D eigenvalue weighted by Crippen LogP contribution is 2.34. The molecule has 0 heteroatoms. The third-order valence-corrected chi connectivity index (χ3v) is 2.94. The van der Waals surface area contributed by atoms with Gasteiger partial charge in [0.1, 0.15) is 0 Å². The number of rotatable bonds is 2. The minimum absolute atomic E-state index is 0.876. The van der Waals surface area contributed by atoms with Gasteiger partial charge in [-0.2, -0.15) is 0 Å². The van der Waals surface area contributed by atoms with Crippen molar-refractivity contribution >= 4 is 0 Å². The molecule has 0 aromatic heterocycles. The minimum atomic E-state index is 0.876. The van der Waals surface area contributed by atoms with Crippen LogP contribution in [0.1, 0.15) is 52.4 Å². The molecule has 0 heterocycles. The van der Waals surface area contributed by atoms with Gasteiger partial charge in [0.05, 0.1) is 0 Å². The van der Waals surface area contributed by atoms with Crippen LogP contribution in [0.15, 0.2) is 11.1 Å². The van der Waals surface area contributed by atoms with Crippen LogP contribution in [0, 0.1) is 12.8 Å². The molecule has 1 radical (unpaired) electrons. The van der Waals surface area contributed by atoms with E-state index in [1.54, 1.807) is 11.1 Å². The van der Waals surface area contributed by atoms with Crippen molar-refractivity contribution in [1.82, 2.24) is 0 Å². The summed E-state index contributed by atoms with van der Waals surface area (Å²) in [5.74, 6) is 0.876. The standard InChI is InChI=1S/C12H21/c1-4-7-11-8-5-6-9-12(11)10(2)3/h11H,1,4-9H2,2-3H3. The molecule has 0 aliphatic heterocycles. The maximum atomic E-state index is 3.95. The normalized spacial score (nSPS) is 24.2. The fourth-order valence-electron chi connectivity index (χ4n) is 2.31. The lowest BCUT2D eigenvalue weighted by molar-refractivity contribution is 0.426. The summed E-state index contributed by atoms with van der Waals surface area (Å²) in [5, 5.41) is 0. The second-order valence-corrected chi connectivity index (χ2v) is 4.11. The highest BCUT2D eigenvalue weighted by Gasteiger charge is 2.18. The molecule has 0 N–H and O–H groups in total. The molecule has 0 aromatic rings. The second kappa shape index (κ2) is 4.69. The molecule has 0 aromatic carbocycles. The van der Waals surface area contributed by atoms with Crippen molar-refractivity contribution in [3.05, 3.63) is 18.1 Å². The van der Waals surface area contributed by atoms with Gasteiger partial charge >= 0.3 is 0 Å². The Bertz CT molecular complexity index is 159. The van der Waals surface area contributed by atoms with Gasteiger partial charge in [-0.15, -0.1) is 0 Å². The highest BCUT2D eigenvalue weighted by atomic mass is 14.2. The van der Waals surface area contributed by atoms with Gasteiger partial charge in [0.2, 0.25) is 0 Å². The van der Waals surface area contributed by atoms with Crippen LogP contribution in [0.3, 0.4) is 0 Å². The fourth-order valence-corrected chi connectivity index (χ4v) is 2.31. The quantitative estimate of drug-likeness (QED) is 0.540. The summed E-state index contributed by atoms with van der Waals surface area (Å²) < 4.78 is 0. The number of allylic oxidation sites excluding steroid dienone is 2. The number of hydrogen-bond donors (Lipinski definition) is 0. The van der Waals surface area contributed by atoms with E-state index in [0.717, 1.165) is 12.3 Å². The van der Waals surface area contributed by atoms with Crippen LogP contribution >= 0.6 is 0 Å². The second-order valence-electron chi connectivity index (χ2n) is 4.11. The van der Waals surface area contributed by atoms with Gasteiger partial charge in [0.15, 0.2) is 0 Å². The Morgan fingerprint density at radius 2 is 2.17 bits per heavy atom. The summed E-state index contributed by atoms with van der Waals surface area (Å²) in [6.07, 6.45) is 8.01. The predicted octanol–water partition coefficient (Wildman–Crippen LogP) is 4.13. The van der Waals surface area contributed by atoms with Crippen molar-refractivity contribution in [3.8, 4) is 0 Å². The van der Waals surface area contributed by atoms with Crippen molar-refractivity contribution < 1.29 is 0 Å². The first-order chi connectivity index (χ1) is 5.75. The summed E-state index contributed by atoms with van der Waals surface area (Å²) in [4.78, 5) is 0. The zero-order chi connectivity index (χ0) is 8.97. The van der Waals surface area contributed by atoms with E-state index in [1.807, 2.05) is 0 Å². The molecular weight excluding hydrogens is 144 g/mol. The van der Waals surface area contributed by atoms with Crippen molar-refractivity contribution in [2.75, 3.05) is 0 Å². The van der Waals surface area contributed by atoms with Crippen molar-refractivity contribution in [3.63, 3.8) is 0 Å². The van der Waals surface area contributed by atoms with E-state index in [0.29, 0.717) is 0 Å². The Morgan fingerprint density at radius 1 is 1.42 bits per heavy atom. The molecule has 69 valence electrons. The summed E-state index contributed by atoms with van der Waals surface area (Å²) in [7, 11) is 0. The lowest BCUT2D eigenvalue weighted by Gasteiger charge is -2.26. The lowest BCUT2D eigenvalue weighted by Crippen LogP contribution is -2.10. The largest absolute Gasteiger partial charge is 0.0770 e. The maximum absolute atomic E-state index is 3.95. The average molecular weight is 165 g/mol. The molecule has 1 saturated carbocycles. The predicted molar refractivity (Wildman–Crippen MR) is 54.9 cm³/mol. The van der Waals surface area contributed by atoms with Gasteiger partial charge in [-0.3, -0.25) is 0 Å². The summed E-state index contributed by atoms with van der Waals surface area (Å²) in [5.41, 5.74) is 3.30. The first-order valence-electron chi connectivity index (χ1n) is 5.21. The molecule has 1 aliphatic rings. The van der Waals surface area contributed by atoms with Crippen molar-refractivity contribution in [2.24, 2.45) is 5.92 Å². The Kier molecular flexibility index (Phi) is 3.84. The molecular formula is C12H21. The topological polar surface area (TPSA) is 0 Å². The van der Waals surface area contributed by atoms with Crippen LogP contribution in [0.25, 0.3) is 0 Å². The van der Waals surface area contributed by atoms with Gasteiger partial charge in [-0.25, -0.2) is 0 Å². The zero-order valence-electron chi connectivity index (χ0n) is 8.53. The van der Waals surface area contributed by atoms with Crippen LogP contribution in [0.2, 0.25) is 0 Å². The lowest BCUT2D eigenvalue weighted by atomic mass is 9.80. The Hall–Kier alpha value is -0.260. The van der Waals surface area contributed by atoms with E-state index >= 15 is 0 Å². The number of hydrogen-bond acceptors (Lipinski definition) is 0. The Morgan fingerprint density at radius 3 is 2.75 bits per heavy atom. The summed E-state index contributed by atoms with van der Waals surface area (Å²) in [6.45, 7) is 8.47. The summed E-state index contributed by atoms with van der Waals surface area (Å²) >= 11 is 0. The smallest absolute Gasteiger partial charge is 0.0201 e. The minimum Gasteiger partial charge on any atom is -0.0770 e. The van der Waals surface area contributed by atoms with E-state index in [1.165, 1.54) is 32.1 Å². The summed E-state index contributed by atoms with van der Waals surface area (Å²) in [6, 6.07) is 0. The van der Waals surface area contributed by atoms with Gasteiger partial charge in [-0.05, 0) is 45.4 Å². The van der Waals surface area contributed by atoms with Gasteiger partial charge in [0.25, 0.3) is 0 Å². The van der Waals surface area contributed by atoms with E-state index in [2.05, 4.69) is 20.8 Å². The van der Waals surface area contributed by atoms with Crippen LogP contribution in [-0.2, 0) is 0 Å². The first-order valence-corrected chi connectivity index (χ1v) is 5.21. The maximum Gasteiger partial charge on any atom is -0.0201 e. The molecule has 0 spiro atoms. The fraction of sp³-hybridized carbons (Fsp3) is 0.750. The first kappa shape index (κ1) is 9.83. The Labute approximate surface area is 77.1 Å². The van der Waals surface area contributed by atoms with Crippen LogP contribution < -0.4 is 0 Å². The molecule has 0 nitrogen and oxygen atoms in total. The van der Waals surface area contributed by atoms with Crippen LogP contribution in [0.5, 0.6) is 0 Å². The van der Waals surface area contributed by atoms with Crippen molar-refractivity contribution in [2.45, 2.75) is 52.4 Å². The molecule has 1 aliphatic carbocycles. The van der Waals surface area contributed by atoms with Gasteiger partial charge < -0.3 is 0 Å². The molecule has 1 rings (SSSR count). The third-order valence-electron chi connectivity index (χ3n) is 2.94.